The standard InChI is InChI=1S/C17H19FN2O4S/c1-24-15-9-3-12(4-10-15)16(20-25(2,22)23)11-17(21)19-14-7-5-13(18)6-8-14/h3-10,16,20H,11H2,1-2H3,(H,19,21)/t16-/m0/s1. The Morgan fingerprint density at radius 3 is 2.24 bits per heavy atom. The Morgan fingerprint density at radius 2 is 1.72 bits per heavy atom. The number of hydrogen-bond acceptors (Lipinski definition) is 4. The number of hydrogen-bond donors (Lipinski definition) is 2. The van der Waals surface area contributed by atoms with Gasteiger partial charge in [0, 0.05) is 12.1 Å². The number of nitrogens with one attached hydrogen (secondary N) is 2. The molecule has 1 atom stereocenters. The van der Waals surface area contributed by atoms with E-state index in [2.05, 4.69) is 10.0 Å². The van der Waals surface area contributed by atoms with Crippen molar-refractivity contribution in [2.45, 2.75) is 12.5 Å². The van der Waals surface area contributed by atoms with Gasteiger partial charge >= 0.3 is 0 Å². The molecule has 0 heterocycles. The zero-order valence-electron chi connectivity index (χ0n) is 13.8. The van der Waals surface area contributed by atoms with Crippen molar-refractivity contribution in [2.24, 2.45) is 0 Å². The molecule has 2 aromatic rings. The molecule has 0 aliphatic rings. The van der Waals surface area contributed by atoms with Gasteiger partial charge in [-0.1, -0.05) is 12.1 Å². The third kappa shape index (κ3) is 6.17. The van der Waals surface area contributed by atoms with Crippen LogP contribution in [-0.4, -0.2) is 27.7 Å². The van der Waals surface area contributed by atoms with Crippen molar-refractivity contribution < 1.29 is 22.3 Å². The van der Waals surface area contributed by atoms with Gasteiger partial charge in [0.25, 0.3) is 0 Å². The molecule has 0 aliphatic carbocycles. The van der Waals surface area contributed by atoms with E-state index >= 15 is 0 Å². The highest BCUT2D eigenvalue weighted by Gasteiger charge is 2.20. The second-order valence-corrected chi connectivity index (χ2v) is 7.25. The minimum atomic E-state index is -3.52. The zero-order valence-corrected chi connectivity index (χ0v) is 14.6. The van der Waals surface area contributed by atoms with Crippen LogP contribution in [0.25, 0.3) is 0 Å². The Hall–Kier alpha value is -2.45. The van der Waals surface area contributed by atoms with Crippen LogP contribution in [0.1, 0.15) is 18.0 Å². The van der Waals surface area contributed by atoms with Gasteiger partial charge in [0.15, 0.2) is 0 Å². The van der Waals surface area contributed by atoms with Crippen molar-refractivity contribution in [1.82, 2.24) is 4.72 Å². The highest BCUT2D eigenvalue weighted by Crippen LogP contribution is 2.22. The largest absolute Gasteiger partial charge is 0.497 e. The predicted molar refractivity (Wildman–Crippen MR) is 93.4 cm³/mol. The van der Waals surface area contributed by atoms with Crippen molar-refractivity contribution in [2.75, 3.05) is 18.7 Å². The third-order valence-corrected chi connectivity index (χ3v) is 4.10. The smallest absolute Gasteiger partial charge is 0.226 e. The normalized spacial score (nSPS) is 12.4. The van der Waals surface area contributed by atoms with Gasteiger partial charge in [-0.05, 0) is 42.0 Å². The quantitative estimate of drug-likeness (QED) is 0.788. The van der Waals surface area contributed by atoms with E-state index < -0.39 is 27.8 Å². The number of carbonyl (C=O) groups excluding carboxylic acids is 1. The molecule has 25 heavy (non-hydrogen) atoms. The van der Waals surface area contributed by atoms with Crippen LogP contribution in [0, 0.1) is 5.82 Å². The molecule has 0 saturated carbocycles. The van der Waals surface area contributed by atoms with E-state index in [0.29, 0.717) is 17.0 Å². The number of methoxy groups -OCH3 is 1. The second kappa shape index (κ2) is 8.09. The molecule has 2 N–H and O–H groups in total. The lowest BCUT2D eigenvalue weighted by molar-refractivity contribution is -0.116. The van der Waals surface area contributed by atoms with Gasteiger partial charge in [-0.2, -0.15) is 0 Å². The van der Waals surface area contributed by atoms with E-state index in [1.165, 1.54) is 31.4 Å². The van der Waals surface area contributed by atoms with Gasteiger partial charge in [0.2, 0.25) is 15.9 Å². The SMILES string of the molecule is COc1ccc([C@H](CC(=O)Nc2ccc(F)cc2)NS(C)(=O)=O)cc1. The molecule has 0 bridgehead atoms. The molecule has 8 heteroatoms. The Labute approximate surface area is 146 Å². The van der Waals surface area contributed by atoms with Crippen molar-refractivity contribution in [3.8, 4) is 5.75 Å². The maximum Gasteiger partial charge on any atom is 0.226 e. The highest BCUT2D eigenvalue weighted by atomic mass is 32.2. The number of rotatable bonds is 7. The van der Waals surface area contributed by atoms with Crippen LogP contribution < -0.4 is 14.8 Å². The van der Waals surface area contributed by atoms with Gasteiger partial charge in [0.1, 0.15) is 11.6 Å². The molecule has 6 nitrogen and oxygen atoms in total. The Morgan fingerprint density at radius 1 is 1.12 bits per heavy atom. The molecular weight excluding hydrogens is 347 g/mol. The summed E-state index contributed by atoms with van der Waals surface area (Å²) in [6.07, 6.45) is 0.915. The van der Waals surface area contributed by atoms with Gasteiger partial charge in [-0.3, -0.25) is 4.79 Å². The van der Waals surface area contributed by atoms with E-state index in [4.69, 9.17) is 4.74 Å². The molecule has 0 fully saturated rings. The van der Waals surface area contributed by atoms with E-state index in [9.17, 15) is 17.6 Å². The van der Waals surface area contributed by atoms with E-state index in [0.717, 1.165) is 6.26 Å². The first-order valence-electron chi connectivity index (χ1n) is 7.43. The summed E-state index contributed by atoms with van der Waals surface area (Å²) in [4.78, 5) is 12.2. The fourth-order valence-electron chi connectivity index (χ4n) is 2.25. The summed E-state index contributed by atoms with van der Waals surface area (Å²) in [5, 5.41) is 2.61. The monoisotopic (exact) mass is 366 g/mol. The summed E-state index contributed by atoms with van der Waals surface area (Å²) in [7, 11) is -2.00. The Balaban J connectivity index is 2.14. The number of halogens is 1. The summed E-state index contributed by atoms with van der Waals surface area (Å²) in [6, 6.07) is 11.3. The van der Waals surface area contributed by atoms with E-state index in [-0.39, 0.29) is 6.42 Å². The lowest BCUT2D eigenvalue weighted by Crippen LogP contribution is -2.30. The highest BCUT2D eigenvalue weighted by molar-refractivity contribution is 7.88. The molecule has 0 unspecified atom stereocenters. The average Bonchev–Trinajstić information content (AvgIpc) is 2.55. The van der Waals surface area contributed by atoms with E-state index in [1.54, 1.807) is 24.3 Å². The van der Waals surface area contributed by atoms with Crippen LogP contribution in [0.2, 0.25) is 0 Å². The van der Waals surface area contributed by atoms with Crippen molar-refractivity contribution in [3.63, 3.8) is 0 Å². The van der Waals surface area contributed by atoms with Crippen LogP contribution in [-0.2, 0) is 14.8 Å². The summed E-state index contributed by atoms with van der Waals surface area (Å²) >= 11 is 0. The molecule has 0 aliphatic heterocycles. The minimum absolute atomic E-state index is 0.114. The number of amides is 1. The molecule has 0 radical (unpaired) electrons. The van der Waals surface area contributed by atoms with Crippen LogP contribution in [0.5, 0.6) is 5.75 Å². The first kappa shape index (κ1) is 18.9. The van der Waals surface area contributed by atoms with Gasteiger partial charge < -0.3 is 10.1 Å². The van der Waals surface area contributed by atoms with Gasteiger partial charge in [-0.25, -0.2) is 17.5 Å². The Bertz CT molecular complexity index is 821. The lowest BCUT2D eigenvalue weighted by Gasteiger charge is -2.18. The number of sulfonamides is 1. The summed E-state index contributed by atoms with van der Waals surface area (Å²) in [6.45, 7) is 0. The fraction of sp³-hybridized carbons (Fsp3) is 0.235. The second-order valence-electron chi connectivity index (χ2n) is 5.47. The summed E-state index contributed by atoms with van der Waals surface area (Å²) < 4.78 is 43.6. The van der Waals surface area contributed by atoms with Crippen LogP contribution in [0.4, 0.5) is 10.1 Å². The molecule has 0 aromatic heterocycles. The van der Waals surface area contributed by atoms with Crippen molar-refractivity contribution in [1.29, 1.82) is 0 Å². The molecule has 2 rings (SSSR count). The number of anilines is 1. The Kier molecular flexibility index (Phi) is 6.11. The van der Waals surface area contributed by atoms with Crippen LogP contribution >= 0.6 is 0 Å². The maximum absolute atomic E-state index is 12.9. The van der Waals surface area contributed by atoms with Crippen molar-refractivity contribution in [3.05, 3.63) is 59.9 Å². The van der Waals surface area contributed by atoms with Crippen LogP contribution in [0.3, 0.4) is 0 Å². The number of carbonyl (C=O) groups is 1. The summed E-state index contributed by atoms with van der Waals surface area (Å²) in [5.41, 5.74) is 1.06. The first-order valence-corrected chi connectivity index (χ1v) is 9.32. The molecule has 0 saturated heterocycles. The minimum Gasteiger partial charge on any atom is -0.497 e. The average molecular weight is 366 g/mol. The maximum atomic E-state index is 12.9. The molecule has 0 spiro atoms. The molecule has 134 valence electrons. The number of benzene rings is 2. The lowest BCUT2D eigenvalue weighted by atomic mass is 10.0. The van der Waals surface area contributed by atoms with Gasteiger partial charge in [0.05, 0.1) is 19.4 Å². The molecule has 2 aromatic carbocycles. The van der Waals surface area contributed by atoms with Gasteiger partial charge in [-0.15, -0.1) is 0 Å². The third-order valence-electron chi connectivity index (χ3n) is 3.39. The van der Waals surface area contributed by atoms with E-state index in [1.807, 2.05) is 0 Å². The summed E-state index contributed by atoms with van der Waals surface area (Å²) in [5.74, 6) is -0.186. The topological polar surface area (TPSA) is 84.5 Å². The molecular formula is C17H19FN2O4S. The van der Waals surface area contributed by atoms with Crippen molar-refractivity contribution >= 4 is 21.6 Å². The van der Waals surface area contributed by atoms with Crippen LogP contribution in [0.15, 0.2) is 48.5 Å². The molecule has 1 amide bonds. The number of ether oxygens (including phenoxy) is 1. The first-order chi connectivity index (χ1) is 11.8. The zero-order chi connectivity index (χ0) is 18.4. The predicted octanol–water partition coefficient (Wildman–Crippen LogP) is 2.45. The fourth-order valence-corrected chi connectivity index (χ4v) is 2.99.